The molecule has 9 heteroatoms. The van der Waals surface area contributed by atoms with Gasteiger partial charge in [0.05, 0.1) is 10.5 Å². The van der Waals surface area contributed by atoms with Crippen molar-refractivity contribution in [3.05, 3.63) is 74.3 Å². The van der Waals surface area contributed by atoms with E-state index in [1.54, 1.807) is 18.2 Å². The average molecular weight is 410 g/mol. The zero-order chi connectivity index (χ0) is 22.2. The Labute approximate surface area is 171 Å². The molecule has 30 heavy (non-hydrogen) atoms. The number of nitrogens with zero attached hydrogens (tertiary/aromatic N) is 2. The Kier molecular flexibility index (Phi) is 5.46. The number of nitro groups is 1. The number of rotatable bonds is 6. The summed E-state index contributed by atoms with van der Waals surface area (Å²) in [6, 6.07) is 8.76. The van der Waals surface area contributed by atoms with Gasteiger partial charge < -0.3 is 4.74 Å². The van der Waals surface area contributed by atoms with Gasteiger partial charge in [-0.15, -0.1) is 0 Å². The largest absolute Gasteiger partial charge is 0.453 e. The lowest BCUT2D eigenvalue weighted by atomic mass is 10.0. The van der Waals surface area contributed by atoms with Gasteiger partial charge in [-0.05, 0) is 44.0 Å². The van der Waals surface area contributed by atoms with Crippen LogP contribution in [0.15, 0.2) is 36.4 Å². The number of ether oxygens (including phenoxy) is 1. The number of Topliss-reactive ketones (excluding diaryl/α,β-unsaturated/α-hetero) is 1. The molecule has 1 atom stereocenters. The van der Waals surface area contributed by atoms with Gasteiger partial charge in [0.2, 0.25) is 5.78 Å². The number of esters is 1. The molecule has 2 aromatic rings. The van der Waals surface area contributed by atoms with E-state index in [1.807, 2.05) is 13.8 Å². The Hall–Kier alpha value is -3.88. The first-order valence-electron chi connectivity index (χ1n) is 9.06. The summed E-state index contributed by atoms with van der Waals surface area (Å²) >= 11 is 0. The Balaban J connectivity index is 1.72. The maximum atomic E-state index is 12.5. The normalized spacial score (nSPS) is 13.8. The van der Waals surface area contributed by atoms with E-state index in [4.69, 9.17) is 4.74 Å². The van der Waals surface area contributed by atoms with Crippen molar-refractivity contribution in [3.8, 4) is 0 Å². The fraction of sp³-hybridized carbons (Fsp3) is 0.238. The second-order valence-electron chi connectivity index (χ2n) is 6.95. The van der Waals surface area contributed by atoms with Crippen LogP contribution in [0.25, 0.3) is 0 Å². The molecule has 1 aliphatic rings. The molecule has 1 heterocycles. The molecule has 0 saturated heterocycles. The molecule has 1 aliphatic heterocycles. The fourth-order valence-electron chi connectivity index (χ4n) is 3.16. The number of ketones is 1. The van der Waals surface area contributed by atoms with Crippen LogP contribution in [0.3, 0.4) is 0 Å². The Bertz CT molecular complexity index is 1110. The highest BCUT2D eigenvalue weighted by atomic mass is 16.6. The van der Waals surface area contributed by atoms with E-state index in [9.17, 15) is 29.3 Å². The quantitative estimate of drug-likeness (QED) is 0.236. The molecule has 9 nitrogen and oxygen atoms in total. The number of benzene rings is 2. The zero-order valence-electron chi connectivity index (χ0n) is 16.5. The van der Waals surface area contributed by atoms with Gasteiger partial charge >= 0.3 is 5.97 Å². The highest BCUT2D eigenvalue weighted by Gasteiger charge is 2.42. The van der Waals surface area contributed by atoms with Crippen molar-refractivity contribution in [1.82, 2.24) is 4.90 Å². The summed E-state index contributed by atoms with van der Waals surface area (Å²) < 4.78 is 5.10. The second-order valence-corrected chi connectivity index (χ2v) is 6.95. The molecule has 3 rings (SSSR count). The molecule has 0 bridgehead atoms. The van der Waals surface area contributed by atoms with Gasteiger partial charge in [0.1, 0.15) is 12.1 Å². The number of nitro benzene ring substituents is 1. The van der Waals surface area contributed by atoms with E-state index in [-0.39, 0.29) is 11.1 Å². The first-order valence-corrected chi connectivity index (χ1v) is 9.06. The first kappa shape index (κ1) is 20.8. The maximum Gasteiger partial charge on any atom is 0.326 e. The van der Waals surface area contributed by atoms with Crippen LogP contribution in [0, 0.1) is 24.0 Å². The minimum absolute atomic E-state index is 0.152. The standard InChI is InChI=1S/C21H18N2O7/c1-11-7-8-14(9-12(11)2)19(25)13(3)30-17(24)10-22-20(26)15-5-4-6-16(23(28)29)18(15)21(22)27/h4-9,13H,10H2,1-3H3/t13-/m1/s1. The lowest BCUT2D eigenvalue weighted by Crippen LogP contribution is -2.37. The Morgan fingerprint density at radius 3 is 2.43 bits per heavy atom. The van der Waals surface area contributed by atoms with Gasteiger partial charge in [-0.1, -0.05) is 18.2 Å². The molecule has 0 unspecified atom stereocenters. The third-order valence-corrected chi connectivity index (χ3v) is 4.93. The van der Waals surface area contributed by atoms with Gasteiger partial charge in [0, 0.05) is 11.6 Å². The summed E-state index contributed by atoms with van der Waals surface area (Å²) in [5.74, 6) is -3.18. The van der Waals surface area contributed by atoms with Crippen LogP contribution in [0.4, 0.5) is 5.69 Å². The number of carbonyl (C=O) groups is 4. The van der Waals surface area contributed by atoms with E-state index in [1.165, 1.54) is 19.1 Å². The van der Waals surface area contributed by atoms with Crippen molar-refractivity contribution in [2.45, 2.75) is 26.9 Å². The summed E-state index contributed by atoms with van der Waals surface area (Å²) in [6.07, 6.45) is -1.14. The lowest BCUT2D eigenvalue weighted by molar-refractivity contribution is -0.385. The summed E-state index contributed by atoms with van der Waals surface area (Å²) in [7, 11) is 0. The topological polar surface area (TPSA) is 124 Å². The Morgan fingerprint density at radius 1 is 1.10 bits per heavy atom. The van der Waals surface area contributed by atoms with Crippen molar-refractivity contribution < 1.29 is 28.8 Å². The number of fused-ring (bicyclic) bond motifs is 1. The molecular weight excluding hydrogens is 392 g/mol. The second kappa shape index (κ2) is 7.86. The van der Waals surface area contributed by atoms with E-state index in [2.05, 4.69) is 0 Å². The molecule has 0 fully saturated rings. The Morgan fingerprint density at radius 2 is 1.80 bits per heavy atom. The van der Waals surface area contributed by atoms with Crippen LogP contribution in [0.1, 0.15) is 49.1 Å². The van der Waals surface area contributed by atoms with Crippen LogP contribution in [0.5, 0.6) is 0 Å². The zero-order valence-corrected chi connectivity index (χ0v) is 16.5. The molecule has 0 spiro atoms. The van der Waals surface area contributed by atoms with Gasteiger partial charge in [0.15, 0.2) is 6.10 Å². The van der Waals surface area contributed by atoms with Crippen molar-refractivity contribution >= 4 is 29.3 Å². The van der Waals surface area contributed by atoms with Crippen LogP contribution in [-0.4, -0.2) is 46.0 Å². The number of hydrogen-bond donors (Lipinski definition) is 0. The maximum absolute atomic E-state index is 12.5. The van der Waals surface area contributed by atoms with E-state index < -0.39 is 46.8 Å². The van der Waals surface area contributed by atoms with Crippen LogP contribution < -0.4 is 0 Å². The number of amides is 2. The first-order chi connectivity index (χ1) is 14.1. The van der Waals surface area contributed by atoms with Crippen LogP contribution in [-0.2, 0) is 9.53 Å². The minimum atomic E-state index is -1.14. The minimum Gasteiger partial charge on any atom is -0.453 e. The number of hydrogen-bond acceptors (Lipinski definition) is 7. The molecule has 0 radical (unpaired) electrons. The smallest absolute Gasteiger partial charge is 0.326 e. The third-order valence-electron chi connectivity index (χ3n) is 4.93. The lowest BCUT2D eigenvalue weighted by Gasteiger charge is -2.16. The molecule has 0 aromatic heterocycles. The molecule has 0 aliphatic carbocycles. The molecule has 0 N–H and O–H groups in total. The number of aryl methyl sites for hydroxylation is 2. The molecule has 0 saturated carbocycles. The van der Waals surface area contributed by atoms with E-state index in [0.29, 0.717) is 10.5 Å². The predicted octanol–water partition coefficient (Wildman–Crippen LogP) is 2.62. The molecule has 2 aromatic carbocycles. The number of imide groups is 1. The van der Waals surface area contributed by atoms with Gasteiger partial charge in [-0.2, -0.15) is 0 Å². The van der Waals surface area contributed by atoms with Gasteiger partial charge in [0.25, 0.3) is 17.5 Å². The van der Waals surface area contributed by atoms with Gasteiger partial charge in [-0.25, -0.2) is 0 Å². The van der Waals surface area contributed by atoms with E-state index in [0.717, 1.165) is 17.2 Å². The van der Waals surface area contributed by atoms with Crippen molar-refractivity contribution in [3.63, 3.8) is 0 Å². The molecular formula is C21H18N2O7. The highest BCUT2D eigenvalue weighted by Crippen LogP contribution is 2.30. The van der Waals surface area contributed by atoms with Crippen molar-refractivity contribution in [2.24, 2.45) is 0 Å². The van der Waals surface area contributed by atoms with Crippen molar-refractivity contribution in [2.75, 3.05) is 6.54 Å². The van der Waals surface area contributed by atoms with E-state index >= 15 is 0 Å². The fourth-order valence-corrected chi connectivity index (χ4v) is 3.16. The third kappa shape index (κ3) is 3.69. The summed E-state index contributed by atoms with van der Waals surface area (Å²) in [5.41, 5.74) is 1.26. The summed E-state index contributed by atoms with van der Waals surface area (Å²) in [4.78, 5) is 60.7. The monoisotopic (exact) mass is 410 g/mol. The SMILES string of the molecule is Cc1ccc(C(=O)[C@@H](C)OC(=O)CN2C(=O)c3cccc([N+](=O)[O-])c3C2=O)cc1C. The van der Waals surface area contributed by atoms with Crippen LogP contribution in [0.2, 0.25) is 0 Å². The summed E-state index contributed by atoms with van der Waals surface area (Å²) in [5, 5.41) is 11.1. The van der Waals surface area contributed by atoms with Gasteiger partial charge in [-0.3, -0.25) is 34.2 Å². The molecule has 154 valence electrons. The molecule has 2 amide bonds. The highest BCUT2D eigenvalue weighted by molar-refractivity contribution is 6.24. The average Bonchev–Trinajstić information content (AvgIpc) is 2.94. The number of carbonyl (C=O) groups excluding carboxylic acids is 4. The van der Waals surface area contributed by atoms with Crippen molar-refractivity contribution in [1.29, 1.82) is 0 Å². The summed E-state index contributed by atoms with van der Waals surface area (Å²) in [6.45, 7) is 4.39. The predicted molar refractivity (Wildman–Crippen MR) is 104 cm³/mol. The van der Waals surface area contributed by atoms with Crippen LogP contribution >= 0.6 is 0 Å².